The van der Waals surface area contributed by atoms with Crippen LogP contribution in [-0.2, 0) is 6.61 Å². The lowest BCUT2D eigenvalue weighted by molar-refractivity contribution is 0.306. The summed E-state index contributed by atoms with van der Waals surface area (Å²) in [6.07, 6.45) is 0. The molecule has 0 saturated carbocycles. The van der Waals surface area contributed by atoms with Gasteiger partial charge in [-0.05, 0) is 42.2 Å². The molecule has 5 nitrogen and oxygen atoms in total. The first-order valence-electron chi connectivity index (χ1n) is 8.02. The number of benzene rings is 2. The largest absolute Gasteiger partial charge is 0.489 e. The number of amidine groups is 1. The molecular weight excluding hydrogens is 300 g/mol. The molecular formula is C19H24N4O. The van der Waals surface area contributed by atoms with Crippen molar-refractivity contribution in [2.75, 3.05) is 6.54 Å². The summed E-state index contributed by atoms with van der Waals surface area (Å²) in [7, 11) is 0. The van der Waals surface area contributed by atoms with E-state index in [4.69, 9.17) is 10.6 Å². The monoisotopic (exact) mass is 324 g/mol. The molecule has 126 valence electrons. The summed E-state index contributed by atoms with van der Waals surface area (Å²) in [4.78, 5) is 4.50. The van der Waals surface area contributed by atoms with Crippen molar-refractivity contribution in [2.24, 2.45) is 27.1 Å². The predicted molar refractivity (Wildman–Crippen MR) is 97.2 cm³/mol. The van der Waals surface area contributed by atoms with Crippen LogP contribution in [0.1, 0.15) is 30.5 Å². The third-order valence-corrected chi connectivity index (χ3v) is 3.32. The van der Waals surface area contributed by atoms with Gasteiger partial charge in [-0.15, -0.1) is 5.11 Å². The van der Waals surface area contributed by atoms with Crippen LogP contribution in [0.2, 0.25) is 0 Å². The molecule has 2 rings (SSSR count). The Balaban J connectivity index is 2.21. The van der Waals surface area contributed by atoms with Crippen molar-refractivity contribution in [2.45, 2.75) is 27.4 Å². The molecule has 0 aromatic heterocycles. The van der Waals surface area contributed by atoms with E-state index in [1.165, 1.54) is 0 Å². The first-order valence-corrected chi connectivity index (χ1v) is 8.02. The second-order valence-electron chi connectivity index (χ2n) is 6.08. The van der Waals surface area contributed by atoms with Gasteiger partial charge in [0.25, 0.3) is 0 Å². The van der Waals surface area contributed by atoms with E-state index in [0.717, 1.165) is 22.4 Å². The van der Waals surface area contributed by atoms with Crippen molar-refractivity contribution in [3.63, 3.8) is 0 Å². The number of aliphatic imine (C=N–C) groups is 1. The molecule has 0 bridgehead atoms. The summed E-state index contributed by atoms with van der Waals surface area (Å²) in [6.45, 7) is 7.40. The average molecular weight is 324 g/mol. The number of aryl methyl sites for hydroxylation is 1. The summed E-state index contributed by atoms with van der Waals surface area (Å²) < 4.78 is 5.91. The van der Waals surface area contributed by atoms with Gasteiger partial charge in [-0.1, -0.05) is 49.4 Å². The number of hydrogen-bond acceptors (Lipinski definition) is 3. The van der Waals surface area contributed by atoms with Crippen molar-refractivity contribution < 1.29 is 4.74 Å². The van der Waals surface area contributed by atoms with Gasteiger partial charge in [0.05, 0.1) is 0 Å². The highest BCUT2D eigenvalue weighted by Crippen LogP contribution is 2.20. The van der Waals surface area contributed by atoms with Crippen molar-refractivity contribution in [3.8, 4) is 5.75 Å². The van der Waals surface area contributed by atoms with Gasteiger partial charge < -0.3 is 10.6 Å². The Labute approximate surface area is 143 Å². The highest BCUT2D eigenvalue weighted by atomic mass is 16.5. The standard InChI is InChI=1S/C19H24N4O/c1-14(2)12-21-19(22-23-20)17-9-15(3)10-18(11-17)24-13-16-7-5-4-6-8-16/h4-11,14H,12-13H2,1-3H3,(H2,20,21,22). The van der Waals surface area contributed by atoms with Crippen LogP contribution < -0.4 is 10.6 Å². The maximum Gasteiger partial charge on any atom is 0.179 e. The Morgan fingerprint density at radius 3 is 2.54 bits per heavy atom. The zero-order chi connectivity index (χ0) is 17.4. The van der Waals surface area contributed by atoms with Crippen LogP contribution in [-0.4, -0.2) is 12.4 Å². The van der Waals surface area contributed by atoms with Gasteiger partial charge in [0, 0.05) is 12.1 Å². The van der Waals surface area contributed by atoms with E-state index in [0.29, 0.717) is 24.9 Å². The molecule has 2 aromatic rings. The van der Waals surface area contributed by atoms with Crippen LogP contribution in [0.4, 0.5) is 0 Å². The molecule has 0 spiro atoms. The second-order valence-corrected chi connectivity index (χ2v) is 6.08. The normalized spacial score (nSPS) is 12.1. The molecule has 0 heterocycles. The maximum absolute atomic E-state index is 5.91. The molecule has 0 unspecified atom stereocenters. The quantitative estimate of drug-likeness (QED) is 0.283. The first kappa shape index (κ1) is 17.7. The van der Waals surface area contributed by atoms with E-state index < -0.39 is 0 Å². The van der Waals surface area contributed by atoms with Crippen LogP contribution in [0.3, 0.4) is 0 Å². The van der Waals surface area contributed by atoms with Crippen LogP contribution in [0.5, 0.6) is 5.75 Å². The number of hydrogen-bond donors (Lipinski definition) is 1. The molecule has 0 radical (unpaired) electrons. The van der Waals surface area contributed by atoms with Gasteiger partial charge in [-0.25, -0.2) is 0 Å². The van der Waals surface area contributed by atoms with Crippen molar-refractivity contribution >= 4 is 5.84 Å². The zero-order valence-corrected chi connectivity index (χ0v) is 14.4. The van der Waals surface area contributed by atoms with E-state index in [9.17, 15) is 0 Å². The lowest BCUT2D eigenvalue weighted by atomic mass is 10.1. The van der Waals surface area contributed by atoms with Crippen LogP contribution >= 0.6 is 0 Å². The minimum Gasteiger partial charge on any atom is -0.489 e. The molecule has 0 fully saturated rings. The topological polar surface area (TPSA) is 72.3 Å². The fourth-order valence-electron chi connectivity index (χ4n) is 2.21. The lowest BCUT2D eigenvalue weighted by Gasteiger charge is -2.10. The predicted octanol–water partition coefficient (Wildman–Crippen LogP) is 4.30. The molecule has 0 aliphatic heterocycles. The van der Waals surface area contributed by atoms with Gasteiger partial charge in [0.2, 0.25) is 0 Å². The van der Waals surface area contributed by atoms with E-state index in [1.54, 1.807) is 0 Å². The molecule has 0 atom stereocenters. The third-order valence-electron chi connectivity index (χ3n) is 3.32. The Hall–Kier alpha value is -2.69. The molecule has 2 N–H and O–H groups in total. The zero-order valence-electron chi connectivity index (χ0n) is 14.4. The number of nitrogens with two attached hydrogens (primary N) is 1. The fraction of sp³-hybridized carbons (Fsp3) is 0.316. The SMILES string of the molecule is Cc1cc(OCc2ccccc2)cc(C(N=NN)=NCC(C)C)c1. The van der Waals surface area contributed by atoms with Gasteiger partial charge in [0.1, 0.15) is 12.4 Å². The van der Waals surface area contributed by atoms with Gasteiger partial charge >= 0.3 is 0 Å². The van der Waals surface area contributed by atoms with E-state index >= 15 is 0 Å². The van der Waals surface area contributed by atoms with E-state index in [2.05, 4.69) is 29.2 Å². The molecule has 5 heteroatoms. The minimum absolute atomic E-state index is 0.437. The molecule has 2 aromatic carbocycles. The highest BCUT2D eigenvalue weighted by Gasteiger charge is 2.07. The summed E-state index contributed by atoms with van der Waals surface area (Å²) in [5, 5.41) is 7.36. The van der Waals surface area contributed by atoms with Gasteiger partial charge in [0.15, 0.2) is 5.84 Å². The molecule has 0 aliphatic carbocycles. The van der Waals surface area contributed by atoms with Crippen LogP contribution in [0, 0.1) is 12.8 Å². The summed E-state index contributed by atoms with van der Waals surface area (Å²) >= 11 is 0. The molecule has 24 heavy (non-hydrogen) atoms. The molecule has 0 amide bonds. The van der Waals surface area contributed by atoms with Crippen LogP contribution in [0.15, 0.2) is 63.9 Å². The smallest absolute Gasteiger partial charge is 0.179 e. The van der Waals surface area contributed by atoms with Crippen molar-refractivity contribution in [3.05, 3.63) is 65.2 Å². The Morgan fingerprint density at radius 1 is 1.12 bits per heavy atom. The third kappa shape index (κ3) is 5.50. The fourth-order valence-corrected chi connectivity index (χ4v) is 2.21. The number of nitrogens with zero attached hydrogens (tertiary/aromatic N) is 3. The lowest BCUT2D eigenvalue weighted by Crippen LogP contribution is -2.04. The summed E-state index contributed by atoms with van der Waals surface area (Å²) in [5.41, 5.74) is 3.05. The molecule has 0 saturated heterocycles. The maximum atomic E-state index is 5.91. The average Bonchev–Trinajstić information content (AvgIpc) is 2.57. The highest BCUT2D eigenvalue weighted by molar-refractivity contribution is 5.99. The first-order chi connectivity index (χ1) is 11.6. The van der Waals surface area contributed by atoms with E-state index in [-0.39, 0.29) is 0 Å². The van der Waals surface area contributed by atoms with E-state index in [1.807, 2.05) is 55.5 Å². The van der Waals surface area contributed by atoms with Crippen LogP contribution in [0.25, 0.3) is 0 Å². The summed E-state index contributed by atoms with van der Waals surface area (Å²) in [6, 6.07) is 16.0. The van der Waals surface area contributed by atoms with Gasteiger partial charge in [-0.2, -0.15) is 0 Å². The molecule has 0 aliphatic rings. The second kappa shape index (κ2) is 8.82. The number of ether oxygens (including phenoxy) is 1. The van der Waals surface area contributed by atoms with Gasteiger partial charge in [-0.3, -0.25) is 4.99 Å². The van der Waals surface area contributed by atoms with Crippen molar-refractivity contribution in [1.82, 2.24) is 0 Å². The Kier molecular flexibility index (Phi) is 6.49. The summed E-state index contributed by atoms with van der Waals surface area (Å²) in [5.74, 6) is 6.97. The number of rotatable bonds is 6. The minimum atomic E-state index is 0.437. The Bertz CT molecular complexity index is 709. The Morgan fingerprint density at radius 2 is 1.88 bits per heavy atom. The van der Waals surface area contributed by atoms with Crippen molar-refractivity contribution in [1.29, 1.82) is 0 Å².